The number of hydrogen-bond acceptors (Lipinski definition) is 4. The lowest BCUT2D eigenvalue weighted by atomic mass is 10.0. The molecule has 0 spiro atoms. The van der Waals surface area contributed by atoms with Crippen LogP contribution in [0.1, 0.15) is 29.8 Å². The molecular weight excluding hydrogens is 428 g/mol. The zero-order chi connectivity index (χ0) is 23.7. The predicted molar refractivity (Wildman–Crippen MR) is 130 cm³/mol. The van der Waals surface area contributed by atoms with E-state index in [1.54, 1.807) is 20.3 Å². The number of aryl methyl sites for hydroxylation is 1. The van der Waals surface area contributed by atoms with Crippen molar-refractivity contribution >= 4 is 16.7 Å². The maximum atomic E-state index is 13.6. The number of pyridine rings is 1. The second-order valence-electron chi connectivity index (χ2n) is 8.30. The van der Waals surface area contributed by atoms with Crippen LogP contribution in [-0.2, 0) is 11.2 Å². The van der Waals surface area contributed by atoms with E-state index >= 15 is 0 Å². The Morgan fingerprint density at radius 3 is 2.65 bits per heavy atom. The van der Waals surface area contributed by atoms with E-state index in [1.807, 2.05) is 61.7 Å². The number of carbonyl (C=O) groups excluding carboxylic acids is 1. The Balaban J connectivity index is 1.49. The number of amides is 1. The molecule has 1 amide bonds. The lowest BCUT2D eigenvalue weighted by molar-refractivity contribution is -0.140. The zero-order valence-corrected chi connectivity index (χ0v) is 18.8. The first-order chi connectivity index (χ1) is 16.6. The van der Waals surface area contributed by atoms with E-state index in [2.05, 4.69) is 23.0 Å². The molecule has 1 fully saturated rings. The number of likely N-dealkylation sites (tertiary alicyclic amines) is 1. The average Bonchev–Trinajstić information content (AvgIpc) is 3.30. The molecular formula is C27H24N4O3. The van der Waals surface area contributed by atoms with Crippen LogP contribution in [0, 0.1) is 11.8 Å². The first kappa shape index (κ1) is 21.7. The van der Waals surface area contributed by atoms with Crippen LogP contribution in [0.15, 0.2) is 71.8 Å². The van der Waals surface area contributed by atoms with Gasteiger partial charge in [-0.1, -0.05) is 49.1 Å². The molecule has 0 unspecified atom stereocenters. The number of fused-ring (bicyclic) bond motifs is 1. The largest absolute Gasteiger partial charge is 0.387 e. The molecule has 0 atom stereocenters. The summed E-state index contributed by atoms with van der Waals surface area (Å²) in [5.41, 5.74) is 3.11. The van der Waals surface area contributed by atoms with Crippen LogP contribution in [0.4, 0.5) is 0 Å². The Kier molecular flexibility index (Phi) is 5.74. The third-order valence-electron chi connectivity index (χ3n) is 6.17. The molecule has 1 aliphatic rings. The van der Waals surface area contributed by atoms with Crippen molar-refractivity contribution in [1.29, 1.82) is 0 Å². The molecule has 1 aliphatic heterocycles. The molecule has 3 heterocycles. The first-order valence-electron chi connectivity index (χ1n) is 11.3. The minimum atomic E-state index is -0.473. The Hall–Kier alpha value is -4.15. The first-order valence-corrected chi connectivity index (χ1v) is 11.3. The van der Waals surface area contributed by atoms with Gasteiger partial charge in [0.25, 0.3) is 5.56 Å². The van der Waals surface area contributed by atoms with E-state index in [0.29, 0.717) is 24.0 Å². The van der Waals surface area contributed by atoms with E-state index in [9.17, 15) is 9.59 Å². The van der Waals surface area contributed by atoms with Gasteiger partial charge in [-0.3, -0.25) is 18.8 Å². The molecule has 7 nitrogen and oxygen atoms in total. The van der Waals surface area contributed by atoms with Crippen molar-refractivity contribution in [3.05, 3.63) is 94.2 Å². The summed E-state index contributed by atoms with van der Waals surface area (Å²) < 4.78 is 3.56. The highest BCUT2D eigenvalue weighted by Gasteiger charge is 2.31. The van der Waals surface area contributed by atoms with Crippen molar-refractivity contribution < 1.29 is 9.90 Å². The van der Waals surface area contributed by atoms with Crippen LogP contribution < -0.4 is 5.56 Å². The molecule has 2 aromatic carbocycles. The maximum absolute atomic E-state index is 13.6. The Morgan fingerprint density at radius 1 is 1.12 bits per heavy atom. The third-order valence-corrected chi connectivity index (χ3v) is 6.17. The van der Waals surface area contributed by atoms with Crippen molar-refractivity contribution in [2.75, 3.05) is 19.7 Å². The summed E-state index contributed by atoms with van der Waals surface area (Å²) in [5.74, 6) is 6.03. The van der Waals surface area contributed by atoms with Gasteiger partial charge in [0.15, 0.2) is 0 Å². The van der Waals surface area contributed by atoms with Crippen LogP contribution in [0.5, 0.6) is 0 Å². The minimum Gasteiger partial charge on any atom is -0.387 e. The number of benzene rings is 2. The fraction of sp³-hybridized carbons (Fsp3) is 0.222. The number of aromatic nitrogens is 3. The number of rotatable bonds is 4. The smallest absolute Gasteiger partial charge is 0.264 e. The van der Waals surface area contributed by atoms with E-state index in [-0.39, 0.29) is 17.5 Å². The van der Waals surface area contributed by atoms with Gasteiger partial charge in [0.05, 0.1) is 23.2 Å². The lowest BCUT2D eigenvalue weighted by Gasteiger charge is -2.38. The molecule has 0 bridgehead atoms. The molecule has 1 N–H and O–H groups in total. The van der Waals surface area contributed by atoms with Gasteiger partial charge in [0.1, 0.15) is 6.61 Å². The molecule has 4 aromatic rings. The SMILES string of the molecule is CCc1cc2cccc(C#Cc3cnn(C4CN(C(=O)CO)C4)c3)c2c(=O)n1-c1ccccc1. The fourth-order valence-electron chi connectivity index (χ4n) is 4.31. The minimum absolute atomic E-state index is 0.0779. The summed E-state index contributed by atoms with van der Waals surface area (Å²) in [7, 11) is 0. The Bertz CT molecular complexity index is 1490. The number of para-hydroxylation sites is 1. The van der Waals surface area contributed by atoms with Crippen LogP contribution in [0.3, 0.4) is 0 Å². The number of aliphatic hydroxyl groups is 1. The number of aliphatic hydroxyl groups excluding tert-OH is 1. The topological polar surface area (TPSA) is 80.4 Å². The van der Waals surface area contributed by atoms with E-state index in [4.69, 9.17) is 5.11 Å². The standard InChI is InChI=1S/C27H24N4O3/c1-2-22-13-21-8-6-7-20(26(21)27(34)31(22)23-9-4-3-5-10-23)12-11-19-14-28-30(15-19)24-16-29(17-24)25(33)18-32/h3-10,13-15,24,32H,2,16-18H2,1H3. The molecule has 7 heteroatoms. The van der Waals surface area contributed by atoms with Gasteiger partial charge in [0, 0.05) is 36.2 Å². The summed E-state index contributed by atoms with van der Waals surface area (Å²) in [4.78, 5) is 26.7. The number of hydrogen-bond donors (Lipinski definition) is 1. The van der Waals surface area contributed by atoms with Crippen molar-refractivity contribution in [2.45, 2.75) is 19.4 Å². The van der Waals surface area contributed by atoms with E-state index in [0.717, 1.165) is 28.8 Å². The van der Waals surface area contributed by atoms with E-state index < -0.39 is 6.61 Å². The van der Waals surface area contributed by atoms with Gasteiger partial charge in [-0.15, -0.1) is 0 Å². The monoisotopic (exact) mass is 452 g/mol. The highest BCUT2D eigenvalue weighted by atomic mass is 16.3. The van der Waals surface area contributed by atoms with E-state index in [1.165, 1.54) is 0 Å². The van der Waals surface area contributed by atoms with Crippen molar-refractivity contribution in [1.82, 2.24) is 19.2 Å². The van der Waals surface area contributed by atoms with Gasteiger partial charge in [-0.05, 0) is 36.1 Å². The summed E-state index contributed by atoms with van der Waals surface area (Å²) in [6.45, 7) is 2.62. The Labute approximate surface area is 196 Å². The van der Waals surface area contributed by atoms with Crippen molar-refractivity contribution in [3.63, 3.8) is 0 Å². The van der Waals surface area contributed by atoms with Crippen LogP contribution in [-0.4, -0.2) is 50.0 Å². The highest BCUT2D eigenvalue weighted by Crippen LogP contribution is 2.21. The van der Waals surface area contributed by atoms with Crippen LogP contribution in [0.25, 0.3) is 16.5 Å². The normalized spacial score (nSPS) is 13.4. The lowest BCUT2D eigenvalue weighted by Crippen LogP contribution is -2.51. The molecule has 0 saturated carbocycles. The molecule has 1 saturated heterocycles. The molecule has 0 aliphatic carbocycles. The number of nitrogens with zero attached hydrogens (tertiary/aromatic N) is 4. The van der Waals surface area contributed by atoms with Crippen LogP contribution >= 0.6 is 0 Å². The molecule has 170 valence electrons. The molecule has 34 heavy (non-hydrogen) atoms. The van der Waals surface area contributed by atoms with Crippen LogP contribution in [0.2, 0.25) is 0 Å². The maximum Gasteiger partial charge on any atom is 0.264 e. The second kappa shape index (κ2) is 9.00. The summed E-state index contributed by atoms with van der Waals surface area (Å²) in [6.07, 6.45) is 4.27. The summed E-state index contributed by atoms with van der Waals surface area (Å²) >= 11 is 0. The molecule has 2 aromatic heterocycles. The van der Waals surface area contributed by atoms with Crippen molar-refractivity contribution in [3.8, 4) is 17.5 Å². The second-order valence-corrected chi connectivity index (χ2v) is 8.30. The Morgan fingerprint density at radius 2 is 1.91 bits per heavy atom. The molecule has 5 rings (SSSR count). The van der Waals surface area contributed by atoms with Gasteiger partial charge in [-0.25, -0.2) is 0 Å². The van der Waals surface area contributed by atoms with Crippen molar-refractivity contribution in [2.24, 2.45) is 0 Å². The predicted octanol–water partition coefficient (Wildman–Crippen LogP) is 2.53. The molecule has 0 radical (unpaired) electrons. The van der Waals surface area contributed by atoms with Gasteiger partial charge in [0.2, 0.25) is 5.91 Å². The van der Waals surface area contributed by atoms with Gasteiger partial charge < -0.3 is 10.0 Å². The summed E-state index contributed by atoms with van der Waals surface area (Å²) in [5, 5.41) is 14.8. The zero-order valence-electron chi connectivity index (χ0n) is 18.8. The number of carbonyl (C=O) groups is 1. The average molecular weight is 453 g/mol. The third kappa shape index (κ3) is 3.89. The van der Waals surface area contributed by atoms with Gasteiger partial charge in [-0.2, -0.15) is 5.10 Å². The highest BCUT2D eigenvalue weighted by molar-refractivity contribution is 5.88. The summed E-state index contributed by atoms with van der Waals surface area (Å²) in [6, 6.07) is 17.5. The quantitative estimate of drug-likeness (QED) is 0.483. The fourth-order valence-corrected chi connectivity index (χ4v) is 4.31. The van der Waals surface area contributed by atoms with Gasteiger partial charge >= 0.3 is 0 Å².